The summed E-state index contributed by atoms with van der Waals surface area (Å²) in [6, 6.07) is 0. The van der Waals surface area contributed by atoms with Gasteiger partial charge in [0.1, 0.15) is 0 Å². The number of piperazine rings is 1. The van der Waals surface area contributed by atoms with Gasteiger partial charge in [-0.15, -0.1) is 0 Å². The number of aliphatic carboxylic acids is 1. The quantitative estimate of drug-likeness (QED) is 0.507. The van der Waals surface area contributed by atoms with Crippen molar-refractivity contribution in [3.05, 3.63) is 32.7 Å². The molecule has 0 saturated carbocycles. The molecule has 0 amide bonds. The summed E-state index contributed by atoms with van der Waals surface area (Å²) in [6.45, 7) is 9.20. The van der Waals surface area contributed by atoms with Crippen LogP contribution in [0.15, 0.2) is 5.11 Å². The summed E-state index contributed by atoms with van der Waals surface area (Å²) in [5.74, 6) is -0.881. The molecule has 0 aromatic heterocycles. The summed E-state index contributed by atoms with van der Waals surface area (Å²) < 4.78 is 0. The lowest BCUT2D eigenvalue weighted by molar-refractivity contribution is -0.136. The molecule has 0 spiro atoms. The second-order valence-electron chi connectivity index (χ2n) is 5.55. The van der Waals surface area contributed by atoms with E-state index in [1.807, 2.05) is 20.8 Å². The molecule has 22 heavy (non-hydrogen) atoms. The van der Waals surface area contributed by atoms with Crippen LogP contribution in [0.1, 0.15) is 22.3 Å². The highest BCUT2D eigenvalue weighted by molar-refractivity contribution is 5.79. The topological polar surface area (TPSA) is 101 Å². The molecule has 1 heterocycles. The maximum Gasteiger partial charge on any atom is 0.307 e. The molecule has 0 atom stereocenters. The Labute approximate surface area is 129 Å². The molecule has 1 aromatic carbocycles. The zero-order valence-electron chi connectivity index (χ0n) is 13.2. The SMILES string of the molecule is Cc1c(CC(=O)O)c(C)c(N2CCNCC2)c(C)c1N=[N+]=[N-]. The minimum atomic E-state index is -0.881. The van der Waals surface area contributed by atoms with Gasteiger partial charge in [0.05, 0.1) is 6.42 Å². The first-order valence-electron chi connectivity index (χ1n) is 7.32. The molecule has 1 saturated heterocycles. The zero-order valence-corrected chi connectivity index (χ0v) is 13.2. The Morgan fingerprint density at radius 3 is 2.45 bits per heavy atom. The van der Waals surface area contributed by atoms with Crippen LogP contribution in [0, 0.1) is 20.8 Å². The van der Waals surface area contributed by atoms with Crippen LogP contribution < -0.4 is 10.2 Å². The van der Waals surface area contributed by atoms with Crippen LogP contribution in [0.2, 0.25) is 0 Å². The summed E-state index contributed by atoms with van der Waals surface area (Å²) in [5, 5.41) is 16.3. The van der Waals surface area contributed by atoms with Crippen LogP contribution in [-0.4, -0.2) is 37.3 Å². The number of carbonyl (C=O) groups is 1. The summed E-state index contributed by atoms with van der Waals surface area (Å²) in [6.07, 6.45) is -0.0645. The lowest BCUT2D eigenvalue weighted by atomic mass is 9.92. The molecule has 1 aliphatic rings. The highest BCUT2D eigenvalue weighted by Gasteiger charge is 2.22. The second kappa shape index (κ2) is 6.68. The van der Waals surface area contributed by atoms with Gasteiger partial charge in [0.25, 0.3) is 0 Å². The van der Waals surface area contributed by atoms with Gasteiger partial charge in [0, 0.05) is 42.5 Å². The first-order chi connectivity index (χ1) is 10.5. The zero-order chi connectivity index (χ0) is 16.3. The van der Waals surface area contributed by atoms with Crippen LogP contribution in [0.5, 0.6) is 0 Å². The first-order valence-corrected chi connectivity index (χ1v) is 7.32. The van der Waals surface area contributed by atoms with Crippen molar-refractivity contribution in [2.45, 2.75) is 27.2 Å². The van der Waals surface area contributed by atoms with Gasteiger partial charge in [0.15, 0.2) is 0 Å². The summed E-state index contributed by atoms with van der Waals surface area (Å²) in [5.41, 5.74) is 13.8. The maximum absolute atomic E-state index is 11.2. The number of anilines is 1. The second-order valence-corrected chi connectivity index (χ2v) is 5.55. The molecule has 1 fully saturated rings. The van der Waals surface area contributed by atoms with Gasteiger partial charge >= 0.3 is 5.97 Å². The molecule has 0 aliphatic carbocycles. The molecule has 0 bridgehead atoms. The van der Waals surface area contributed by atoms with E-state index in [1.54, 1.807) is 0 Å². The van der Waals surface area contributed by atoms with E-state index in [-0.39, 0.29) is 6.42 Å². The van der Waals surface area contributed by atoms with E-state index in [4.69, 9.17) is 5.53 Å². The number of nitrogens with zero attached hydrogens (tertiary/aromatic N) is 4. The third kappa shape index (κ3) is 3.00. The van der Waals surface area contributed by atoms with Gasteiger partial charge in [-0.25, -0.2) is 0 Å². The first kappa shape index (κ1) is 16.1. The van der Waals surface area contributed by atoms with Gasteiger partial charge in [0.2, 0.25) is 0 Å². The van der Waals surface area contributed by atoms with Gasteiger partial charge in [-0.2, -0.15) is 0 Å². The predicted octanol–water partition coefficient (Wildman–Crippen LogP) is 2.59. The third-order valence-electron chi connectivity index (χ3n) is 4.23. The highest BCUT2D eigenvalue weighted by atomic mass is 16.4. The van der Waals surface area contributed by atoms with Gasteiger partial charge in [-0.3, -0.25) is 4.79 Å². The van der Waals surface area contributed by atoms with E-state index in [0.29, 0.717) is 5.69 Å². The van der Waals surface area contributed by atoms with Crippen molar-refractivity contribution < 1.29 is 9.90 Å². The largest absolute Gasteiger partial charge is 0.481 e. The van der Waals surface area contributed by atoms with Crippen LogP contribution in [0.25, 0.3) is 10.4 Å². The van der Waals surface area contributed by atoms with E-state index in [9.17, 15) is 9.90 Å². The van der Waals surface area contributed by atoms with Crippen molar-refractivity contribution in [3.63, 3.8) is 0 Å². The molecule has 1 aromatic rings. The number of carboxylic acids is 1. The molecule has 118 valence electrons. The smallest absolute Gasteiger partial charge is 0.307 e. The fraction of sp³-hybridized carbons (Fsp3) is 0.533. The number of hydrogen-bond acceptors (Lipinski definition) is 4. The van der Waals surface area contributed by atoms with E-state index in [1.165, 1.54) is 0 Å². The molecule has 0 radical (unpaired) electrons. The lowest BCUT2D eigenvalue weighted by Crippen LogP contribution is -2.44. The number of carboxylic acid groups (broad SMARTS) is 1. The van der Waals surface area contributed by atoms with Crippen LogP contribution >= 0.6 is 0 Å². The molecule has 2 rings (SSSR count). The van der Waals surface area contributed by atoms with E-state index in [2.05, 4.69) is 20.2 Å². The lowest BCUT2D eigenvalue weighted by Gasteiger charge is -2.34. The Morgan fingerprint density at radius 1 is 1.27 bits per heavy atom. The number of rotatable bonds is 4. The monoisotopic (exact) mass is 303 g/mol. The predicted molar refractivity (Wildman–Crippen MR) is 85.9 cm³/mol. The van der Waals surface area contributed by atoms with Crippen molar-refractivity contribution in [3.8, 4) is 0 Å². The summed E-state index contributed by atoms with van der Waals surface area (Å²) >= 11 is 0. The molecule has 0 unspecified atom stereocenters. The minimum absolute atomic E-state index is 0.0645. The molecule has 2 N–H and O–H groups in total. The van der Waals surface area contributed by atoms with Crippen LogP contribution in [0.3, 0.4) is 0 Å². The fourth-order valence-corrected chi connectivity index (χ4v) is 3.22. The Morgan fingerprint density at radius 2 is 1.91 bits per heavy atom. The van der Waals surface area contributed by atoms with E-state index >= 15 is 0 Å². The van der Waals surface area contributed by atoms with Crippen molar-refractivity contribution in [2.75, 3.05) is 31.1 Å². The van der Waals surface area contributed by atoms with Crippen molar-refractivity contribution >= 4 is 17.3 Å². The Bertz CT molecular complexity index is 644. The van der Waals surface area contributed by atoms with Crippen molar-refractivity contribution in [2.24, 2.45) is 5.11 Å². The average Bonchev–Trinajstić information content (AvgIpc) is 2.49. The third-order valence-corrected chi connectivity index (χ3v) is 4.23. The Kier molecular flexibility index (Phi) is 4.90. The van der Waals surface area contributed by atoms with Crippen LogP contribution in [-0.2, 0) is 11.2 Å². The number of hydrogen-bond donors (Lipinski definition) is 2. The van der Waals surface area contributed by atoms with E-state index < -0.39 is 5.97 Å². The number of benzene rings is 1. The summed E-state index contributed by atoms with van der Waals surface area (Å²) in [4.78, 5) is 16.3. The molecular formula is C15H21N5O2. The molecule has 1 aliphatic heterocycles. The Balaban J connectivity index is 2.67. The van der Waals surface area contributed by atoms with Gasteiger partial charge in [-0.1, -0.05) is 5.11 Å². The minimum Gasteiger partial charge on any atom is -0.481 e. The van der Waals surface area contributed by atoms with Crippen LogP contribution in [0.4, 0.5) is 11.4 Å². The highest BCUT2D eigenvalue weighted by Crippen LogP contribution is 2.39. The fourth-order valence-electron chi connectivity index (χ4n) is 3.22. The van der Waals surface area contributed by atoms with Gasteiger partial charge < -0.3 is 15.3 Å². The standard InChI is InChI=1S/C15H21N5O2/c1-9-12(8-13(21)22)10(2)15(11(3)14(9)18-19-16)20-6-4-17-5-7-20/h17H,4-8H2,1-3H3,(H,21,22). The molecule has 7 heteroatoms. The number of nitrogens with one attached hydrogen (secondary N) is 1. The summed E-state index contributed by atoms with van der Waals surface area (Å²) in [7, 11) is 0. The normalized spacial score (nSPS) is 14.6. The average molecular weight is 303 g/mol. The van der Waals surface area contributed by atoms with Gasteiger partial charge in [-0.05, 0) is 48.6 Å². The number of azide groups is 1. The van der Waals surface area contributed by atoms with Crippen molar-refractivity contribution in [1.82, 2.24) is 5.32 Å². The van der Waals surface area contributed by atoms with E-state index in [0.717, 1.165) is 54.1 Å². The van der Waals surface area contributed by atoms with Crippen molar-refractivity contribution in [1.29, 1.82) is 0 Å². The molecular weight excluding hydrogens is 282 g/mol. The maximum atomic E-state index is 11.2. The molecule has 7 nitrogen and oxygen atoms in total. The Hall–Kier alpha value is -2.24.